The first-order valence-corrected chi connectivity index (χ1v) is 9.40. The molecular weight excluding hydrogens is 383 g/mol. The molecule has 2 aromatic rings. The second-order valence-electron chi connectivity index (χ2n) is 7.31. The molecule has 1 aromatic carbocycles. The van der Waals surface area contributed by atoms with Gasteiger partial charge in [-0.1, -0.05) is 28.9 Å². The lowest BCUT2D eigenvalue weighted by Crippen LogP contribution is -2.36. The summed E-state index contributed by atoms with van der Waals surface area (Å²) in [6.45, 7) is 2.41. The van der Waals surface area contributed by atoms with E-state index in [2.05, 4.69) is 20.7 Å². The van der Waals surface area contributed by atoms with Gasteiger partial charge in [-0.05, 0) is 43.0 Å². The smallest absolute Gasteiger partial charge is 0.246 e. The molecule has 0 unspecified atom stereocenters. The lowest BCUT2D eigenvalue weighted by molar-refractivity contribution is 0.0336. The lowest BCUT2D eigenvalue weighted by Gasteiger charge is -2.40. The molecule has 144 valence electrons. The van der Waals surface area contributed by atoms with Crippen LogP contribution >= 0.6 is 11.6 Å². The minimum absolute atomic E-state index is 0.0498. The van der Waals surface area contributed by atoms with Crippen LogP contribution in [0.15, 0.2) is 57.6 Å². The van der Waals surface area contributed by atoms with E-state index in [4.69, 9.17) is 16.1 Å². The van der Waals surface area contributed by atoms with Crippen molar-refractivity contribution in [2.45, 2.75) is 37.9 Å². The molecule has 28 heavy (non-hydrogen) atoms. The normalized spacial score (nSPS) is 25.8. The van der Waals surface area contributed by atoms with Crippen LogP contribution < -0.4 is 5.43 Å². The summed E-state index contributed by atoms with van der Waals surface area (Å²) in [5.41, 5.74) is 4.37. The lowest BCUT2D eigenvalue weighted by atomic mass is 9.68. The Morgan fingerprint density at radius 1 is 1.32 bits per heavy atom. The van der Waals surface area contributed by atoms with Gasteiger partial charge in [0.05, 0.1) is 0 Å². The average Bonchev–Trinajstić information content (AvgIpc) is 3.27. The molecule has 3 heterocycles. The number of aromatic nitrogens is 2. The van der Waals surface area contributed by atoms with Crippen molar-refractivity contribution in [2.24, 2.45) is 5.10 Å². The van der Waals surface area contributed by atoms with Crippen LogP contribution in [0.5, 0.6) is 0 Å². The summed E-state index contributed by atoms with van der Waals surface area (Å²) >= 11 is 5.89. The standard InChI is InChI=1S/C19H18ClFN6O/c1-12-8-22-27-16(12)9-26(11-23-27)10-17-24-18(25-28-17)13-6-19(21,7-13)14-2-4-15(20)5-3-14/h2-5,8-9,11,13,22H,6-7,10H2,1H3. The number of hydrazine groups is 1. The van der Waals surface area contributed by atoms with Crippen LogP contribution in [0.2, 0.25) is 5.02 Å². The van der Waals surface area contributed by atoms with Gasteiger partial charge < -0.3 is 9.42 Å². The maximum atomic E-state index is 15.1. The Kier molecular flexibility index (Phi) is 3.90. The maximum absolute atomic E-state index is 15.1. The molecule has 0 radical (unpaired) electrons. The molecule has 0 amide bonds. The highest BCUT2D eigenvalue weighted by Crippen LogP contribution is 2.53. The number of fused-ring (bicyclic) bond motifs is 1. The van der Waals surface area contributed by atoms with Crippen molar-refractivity contribution in [3.63, 3.8) is 0 Å². The van der Waals surface area contributed by atoms with Crippen molar-refractivity contribution in [1.82, 2.24) is 25.6 Å². The van der Waals surface area contributed by atoms with Crippen molar-refractivity contribution >= 4 is 17.9 Å². The molecule has 9 heteroatoms. The van der Waals surface area contributed by atoms with Crippen LogP contribution in [-0.4, -0.2) is 26.5 Å². The summed E-state index contributed by atoms with van der Waals surface area (Å²) in [5.74, 6) is 0.979. The van der Waals surface area contributed by atoms with Crippen molar-refractivity contribution in [3.05, 3.63) is 70.2 Å². The van der Waals surface area contributed by atoms with Crippen molar-refractivity contribution in [1.29, 1.82) is 0 Å². The third kappa shape index (κ3) is 2.93. The molecule has 0 spiro atoms. The number of allylic oxidation sites excluding steroid dienone is 1. The van der Waals surface area contributed by atoms with Crippen LogP contribution in [0.3, 0.4) is 0 Å². The highest BCUT2D eigenvalue weighted by atomic mass is 35.5. The highest BCUT2D eigenvalue weighted by molar-refractivity contribution is 6.30. The van der Waals surface area contributed by atoms with Gasteiger partial charge >= 0.3 is 0 Å². The van der Waals surface area contributed by atoms with Gasteiger partial charge in [0, 0.05) is 23.3 Å². The fourth-order valence-corrected chi connectivity index (χ4v) is 3.78. The van der Waals surface area contributed by atoms with E-state index in [1.165, 1.54) is 0 Å². The molecule has 2 aliphatic heterocycles. The van der Waals surface area contributed by atoms with Gasteiger partial charge in [0.25, 0.3) is 0 Å². The Morgan fingerprint density at radius 2 is 2.11 bits per heavy atom. The minimum atomic E-state index is -1.36. The number of hydrogen-bond acceptors (Lipinski definition) is 7. The van der Waals surface area contributed by atoms with Crippen molar-refractivity contribution in [2.75, 3.05) is 0 Å². The Bertz CT molecular complexity index is 992. The average molecular weight is 401 g/mol. The van der Waals surface area contributed by atoms with Gasteiger partial charge in [0.1, 0.15) is 24.2 Å². The van der Waals surface area contributed by atoms with Crippen LogP contribution in [0, 0.1) is 0 Å². The second kappa shape index (κ2) is 6.34. The first-order valence-electron chi connectivity index (χ1n) is 9.03. The van der Waals surface area contributed by atoms with Gasteiger partial charge in [-0.15, -0.1) is 5.10 Å². The quantitative estimate of drug-likeness (QED) is 0.842. The van der Waals surface area contributed by atoms with E-state index in [9.17, 15) is 0 Å². The van der Waals surface area contributed by atoms with E-state index in [0.29, 0.717) is 41.7 Å². The number of hydrogen-bond donors (Lipinski definition) is 1. The molecule has 0 bridgehead atoms. The monoisotopic (exact) mass is 400 g/mol. The van der Waals surface area contributed by atoms with Crippen molar-refractivity contribution < 1.29 is 8.91 Å². The fraction of sp³-hybridized carbons (Fsp3) is 0.316. The molecule has 1 saturated carbocycles. The molecule has 0 atom stereocenters. The Morgan fingerprint density at radius 3 is 2.89 bits per heavy atom. The number of hydrazone groups is 1. The van der Waals surface area contributed by atoms with Crippen LogP contribution in [0.1, 0.15) is 43.0 Å². The predicted molar refractivity (Wildman–Crippen MR) is 101 cm³/mol. The largest absolute Gasteiger partial charge is 0.337 e. The number of alkyl halides is 1. The van der Waals surface area contributed by atoms with Gasteiger partial charge in [0.2, 0.25) is 5.89 Å². The summed E-state index contributed by atoms with van der Waals surface area (Å²) in [6, 6.07) is 6.90. The summed E-state index contributed by atoms with van der Waals surface area (Å²) < 4.78 is 20.4. The third-order valence-electron chi connectivity index (χ3n) is 5.31. The van der Waals surface area contributed by atoms with E-state index in [1.807, 2.05) is 24.2 Å². The van der Waals surface area contributed by atoms with Gasteiger partial charge in [-0.3, -0.25) is 5.43 Å². The van der Waals surface area contributed by atoms with E-state index in [0.717, 1.165) is 11.3 Å². The zero-order valence-corrected chi connectivity index (χ0v) is 15.9. The molecule has 5 rings (SSSR count). The Hall–Kier alpha value is -2.87. The minimum Gasteiger partial charge on any atom is -0.337 e. The fourth-order valence-electron chi connectivity index (χ4n) is 3.66. The first kappa shape index (κ1) is 17.2. The third-order valence-corrected chi connectivity index (χ3v) is 5.56. The summed E-state index contributed by atoms with van der Waals surface area (Å²) in [7, 11) is 0. The second-order valence-corrected chi connectivity index (χ2v) is 7.75. The SMILES string of the molecule is CC1=CNN2N=CN(Cc3nc(C4CC(F)(c5ccc(Cl)cc5)C4)no3)C=C12. The molecule has 1 aromatic heterocycles. The number of benzene rings is 1. The molecule has 7 nitrogen and oxygen atoms in total. The van der Waals surface area contributed by atoms with Gasteiger partial charge in [-0.25, -0.2) is 4.39 Å². The summed E-state index contributed by atoms with van der Waals surface area (Å²) in [4.78, 5) is 6.34. The summed E-state index contributed by atoms with van der Waals surface area (Å²) in [6.07, 6.45) is 6.21. The molecular formula is C19H18ClFN6O. The van der Waals surface area contributed by atoms with Crippen LogP contribution in [0.4, 0.5) is 4.39 Å². The molecule has 1 fully saturated rings. The molecule has 0 saturated heterocycles. The number of rotatable bonds is 4. The topological polar surface area (TPSA) is 69.8 Å². The molecule has 1 aliphatic carbocycles. The zero-order chi connectivity index (χ0) is 19.3. The van der Waals surface area contributed by atoms with E-state index >= 15 is 4.39 Å². The number of halogens is 2. The zero-order valence-electron chi connectivity index (χ0n) is 15.1. The maximum Gasteiger partial charge on any atom is 0.246 e. The Balaban J connectivity index is 1.24. The van der Waals surface area contributed by atoms with Gasteiger partial charge in [-0.2, -0.15) is 10.1 Å². The summed E-state index contributed by atoms with van der Waals surface area (Å²) in [5, 5.41) is 10.7. The van der Waals surface area contributed by atoms with Crippen LogP contribution in [0.25, 0.3) is 0 Å². The van der Waals surface area contributed by atoms with E-state index < -0.39 is 5.67 Å². The van der Waals surface area contributed by atoms with E-state index in [-0.39, 0.29) is 5.92 Å². The van der Waals surface area contributed by atoms with E-state index in [1.54, 1.807) is 35.7 Å². The Labute approximate surface area is 166 Å². The predicted octanol–water partition coefficient (Wildman–Crippen LogP) is 3.79. The highest BCUT2D eigenvalue weighted by Gasteiger charge is 2.48. The van der Waals surface area contributed by atoms with Crippen molar-refractivity contribution in [3.8, 4) is 0 Å². The van der Waals surface area contributed by atoms with Crippen LogP contribution in [-0.2, 0) is 12.2 Å². The van der Waals surface area contributed by atoms with Gasteiger partial charge in [0.15, 0.2) is 5.82 Å². The number of nitrogens with zero attached hydrogens (tertiary/aromatic N) is 5. The first-order chi connectivity index (χ1) is 13.5. The molecule has 3 aliphatic rings. The number of nitrogens with one attached hydrogen (secondary N) is 1. The molecule has 1 N–H and O–H groups in total.